The Kier molecular flexibility index (Phi) is 7.25. The maximum atomic E-state index is 13.5. The highest BCUT2D eigenvalue weighted by Gasteiger charge is 2.16. The lowest BCUT2D eigenvalue weighted by Crippen LogP contribution is -2.24. The fraction of sp³-hybridized carbons (Fsp3) is 0.160. The summed E-state index contributed by atoms with van der Waals surface area (Å²) < 4.78 is 16.4. The molecular formula is C25H22BrFN4OS. The molecule has 1 aromatic heterocycles. The fourth-order valence-corrected chi connectivity index (χ4v) is 4.42. The Morgan fingerprint density at radius 3 is 2.42 bits per heavy atom. The minimum absolute atomic E-state index is 0.184. The summed E-state index contributed by atoms with van der Waals surface area (Å²) in [7, 11) is 0. The van der Waals surface area contributed by atoms with Crippen LogP contribution in [0.3, 0.4) is 0 Å². The molecule has 5 nitrogen and oxygen atoms in total. The largest absolute Gasteiger partial charge is 0.345 e. The van der Waals surface area contributed by atoms with E-state index in [1.807, 2.05) is 60.9 Å². The van der Waals surface area contributed by atoms with Crippen molar-refractivity contribution in [2.45, 2.75) is 31.3 Å². The van der Waals surface area contributed by atoms with E-state index in [-0.39, 0.29) is 18.3 Å². The molecule has 1 amide bonds. The van der Waals surface area contributed by atoms with Gasteiger partial charge >= 0.3 is 0 Å². The third-order valence-electron chi connectivity index (χ3n) is 5.24. The predicted octanol–water partition coefficient (Wildman–Crippen LogP) is 6.01. The molecule has 0 bridgehead atoms. The van der Waals surface area contributed by atoms with Crippen LogP contribution in [0.15, 0.2) is 76.4 Å². The Morgan fingerprint density at radius 1 is 1.00 bits per heavy atom. The van der Waals surface area contributed by atoms with Gasteiger partial charge in [-0.05, 0) is 79.1 Å². The summed E-state index contributed by atoms with van der Waals surface area (Å²) in [4.78, 5) is 12.7. The van der Waals surface area contributed by atoms with Crippen molar-refractivity contribution in [3.8, 4) is 5.69 Å². The molecule has 0 atom stereocenters. The highest BCUT2D eigenvalue weighted by atomic mass is 79.9. The second-order valence-electron chi connectivity index (χ2n) is 7.61. The van der Waals surface area contributed by atoms with Gasteiger partial charge in [-0.25, -0.2) is 4.39 Å². The summed E-state index contributed by atoms with van der Waals surface area (Å²) in [5.41, 5.74) is 4.66. The fourth-order valence-electron chi connectivity index (χ4n) is 3.23. The molecule has 3 aromatic carbocycles. The van der Waals surface area contributed by atoms with Gasteiger partial charge in [0, 0.05) is 21.5 Å². The molecular weight excluding hydrogens is 503 g/mol. The molecule has 33 heavy (non-hydrogen) atoms. The number of carbonyl (C=O) groups excluding carboxylic acids is 1. The number of halogens is 2. The van der Waals surface area contributed by atoms with Gasteiger partial charge in [0.15, 0.2) is 11.0 Å². The van der Waals surface area contributed by atoms with Crippen LogP contribution >= 0.6 is 27.7 Å². The Bertz CT molecular complexity index is 1270. The molecule has 0 aliphatic carbocycles. The van der Waals surface area contributed by atoms with Crippen molar-refractivity contribution >= 4 is 33.6 Å². The zero-order valence-electron chi connectivity index (χ0n) is 18.2. The lowest BCUT2D eigenvalue weighted by molar-refractivity contribution is 0.0949. The number of hydrogen-bond acceptors (Lipinski definition) is 4. The van der Waals surface area contributed by atoms with Crippen LogP contribution < -0.4 is 5.32 Å². The van der Waals surface area contributed by atoms with E-state index in [1.54, 1.807) is 12.1 Å². The molecule has 1 heterocycles. The second-order valence-corrected chi connectivity index (χ2v) is 9.47. The normalized spacial score (nSPS) is 10.9. The van der Waals surface area contributed by atoms with Gasteiger partial charge in [-0.1, -0.05) is 45.9 Å². The third kappa shape index (κ3) is 5.69. The van der Waals surface area contributed by atoms with Crippen molar-refractivity contribution in [3.63, 3.8) is 0 Å². The van der Waals surface area contributed by atoms with Crippen LogP contribution in [0.2, 0.25) is 0 Å². The van der Waals surface area contributed by atoms with Gasteiger partial charge in [-0.15, -0.1) is 10.2 Å². The topological polar surface area (TPSA) is 59.8 Å². The van der Waals surface area contributed by atoms with Gasteiger partial charge < -0.3 is 5.32 Å². The summed E-state index contributed by atoms with van der Waals surface area (Å²) in [5, 5.41) is 12.3. The first-order valence-electron chi connectivity index (χ1n) is 10.3. The summed E-state index contributed by atoms with van der Waals surface area (Å²) >= 11 is 4.98. The number of benzene rings is 3. The van der Waals surface area contributed by atoms with Gasteiger partial charge in [0.1, 0.15) is 5.82 Å². The van der Waals surface area contributed by atoms with Gasteiger partial charge in [-0.3, -0.25) is 9.36 Å². The second kappa shape index (κ2) is 10.3. The Labute approximate surface area is 204 Å². The maximum absolute atomic E-state index is 13.5. The Balaban J connectivity index is 1.56. The average molecular weight is 525 g/mol. The molecule has 1 N–H and O–H groups in total. The number of aromatic nitrogens is 3. The highest BCUT2D eigenvalue weighted by molar-refractivity contribution is 9.10. The molecule has 0 radical (unpaired) electrons. The van der Waals surface area contributed by atoms with Crippen LogP contribution in [-0.4, -0.2) is 20.7 Å². The SMILES string of the molecule is Cc1ccc(C(=O)NCc2nnc(SCc3ccc(Br)cc3)n2-c2ccc(F)cc2)cc1C. The summed E-state index contributed by atoms with van der Waals surface area (Å²) in [6.07, 6.45) is 0. The van der Waals surface area contributed by atoms with E-state index in [0.29, 0.717) is 22.3 Å². The molecule has 0 saturated heterocycles. The number of carbonyl (C=O) groups is 1. The van der Waals surface area contributed by atoms with Gasteiger partial charge in [0.05, 0.1) is 6.54 Å². The monoisotopic (exact) mass is 524 g/mol. The molecule has 168 valence electrons. The van der Waals surface area contributed by atoms with E-state index in [4.69, 9.17) is 0 Å². The van der Waals surface area contributed by atoms with Crippen molar-refractivity contribution in [2.24, 2.45) is 0 Å². The third-order valence-corrected chi connectivity index (χ3v) is 6.77. The van der Waals surface area contributed by atoms with Crippen LogP contribution in [0.4, 0.5) is 4.39 Å². The average Bonchev–Trinajstić information content (AvgIpc) is 3.22. The van der Waals surface area contributed by atoms with Crippen molar-refractivity contribution in [3.05, 3.63) is 105 Å². The molecule has 0 spiro atoms. The number of hydrogen-bond donors (Lipinski definition) is 1. The van der Waals surface area contributed by atoms with Crippen molar-refractivity contribution in [1.29, 1.82) is 0 Å². The molecule has 4 aromatic rings. The standard InChI is InChI=1S/C25H22BrFN4OS/c1-16-3-6-19(13-17(16)2)24(32)28-14-23-29-30-25(31(23)22-11-9-21(27)10-12-22)33-15-18-4-7-20(26)8-5-18/h3-13H,14-15H2,1-2H3,(H,28,32). The molecule has 8 heteroatoms. The molecule has 0 aliphatic heterocycles. The van der Waals surface area contributed by atoms with Gasteiger partial charge in [0.25, 0.3) is 5.91 Å². The summed E-state index contributed by atoms with van der Waals surface area (Å²) in [6, 6.07) is 19.8. The number of nitrogens with one attached hydrogen (secondary N) is 1. The summed E-state index contributed by atoms with van der Waals surface area (Å²) in [6.45, 7) is 4.18. The van der Waals surface area contributed by atoms with Crippen molar-refractivity contribution in [1.82, 2.24) is 20.1 Å². The highest BCUT2D eigenvalue weighted by Crippen LogP contribution is 2.26. The van der Waals surface area contributed by atoms with E-state index >= 15 is 0 Å². The van der Waals surface area contributed by atoms with E-state index in [1.165, 1.54) is 23.9 Å². The number of rotatable bonds is 7. The predicted molar refractivity (Wildman–Crippen MR) is 132 cm³/mol. The first-order valence-corrected chi connectivity index (χ1v) is 12.1. The number of aryl methyl sites for hydroxylation is 2. The van der Waals surface area contributed by atoms with Gasteiger partial charge in [-0.2, -0.15) is 0 Å². The first-order chi connectivity index (χ1) is 15.9. The molecule has 0 saturated carbocycles. The number of nitrogens with zero attached hydrogens (tertiary/aromatic N) is 3. The van der Waals surface area contributed by atoms with E-state index < -0.39 is 0 Å². The van der Waals surface area contributed by atoms with Gasteiger partial charge in [0.2, 0.25) is 0 Å². The quantitative estimate of drug-likeness (QED) is 0.301. The molecule has 0 fully saturated rings. The van der Waals surface area contributed by atoms with E-state index in [9.17, 15) is 9.18 Å². The van der Waals surface area contributed by atoms with Crippen LogP contribution in [0.25, 0.3) is 5.69 Å². The Hall–Kier alpha value is -2.97. The van der Waals surface area contributed by atoms with Crippen LogP contribution in [0, 0.1) is 19.7 Å². The molecule has 4 rings (SSSR count). The zero-order valence-corrected chi connectivity index (χ0v) is 20.6. The lowest BCUT2D eigenvalue weighted by atomic mass is 10.1. The lowest BCUT2D eigenvalue weighted by Gasteiger charge is -2.11. The van der Waals surface area contributed by atoms with Crippen LogP contribution in [0.5, 0.6) is 0 Å². The smallest absolute Gasteiger partial charge is 0.251 e. The van der Waals surface area contributed by atoms with Crippen molar-refractivity contribution in [2.75, 3.05) is 0 Å². The first kappa shape index (κ1) is 23.2. The van der Waals surface area contributed by atoms with Crippen molar-refractivity contribution < 1.29 is 9.18 Å². The number of amides is 1. The Morgan fingerprint density at radius 2 is 1.73 bits per heavy atom. The molecule has 0 aliphatic rings. The maximum Gasteiger partial charge on any atom is 0.251 e. The zero-order chi connectivity index (χ0) is 23.4. The summed E-state index contributed by atoms with van der Waals surface area (Å²) in [5.74, 6) is 0.759. The number of thioether (sulfide) groups is 1. The van der Waals surface area contributed by atoms with E-state index in [0.717, 1.165) is 26.9 Å². The van der Waals surface area contributed by atoms with Crippen LogP contribution in [-0.2, 0) is 12.3 Å². The van der Waals surface area contributed by atoms with Crippen LogP contribution in [0.1, 0.15) is 32.9 Å². The minimum atomic E-state index is -0.319. The van der Waals surface area contributed by atoms with E-state index in [2.05, 4.69) is 31.4 Å². The molecule has 0 unspecified atom stereocenters. The minimum Gasteiger partial charge on any atom is -0.345 e.